The second kappa shape index (κ2) is 9.24. The van der Waals surface area contributed by atoms with Gasteiger partial charge in [-0.15, -0.1) is 11.3 Å². The molecule has 1 amide bonds. The van der Waals surface area contributed by atoms with Crippen LogP contribution in [0.5, 0.6) is 5.75 Å². The minimum atomic E-state index is -0.470. The van der Waals surface area contributed by atoms with Crippen molar-refractivity contribution in [1.82, 2.24) is 10.0 Å². The minimum Gasteiger partial charge on any atom is -0.756 e. The smallest absolute Gasteiger partial charge is 0.756 e. The van der Waals surface area contributed by atoms with E-state index in [1.165, 1.54) is 7.05 Å². The Labute approximate surface area is 195 Å². The number of fused-ring (bicyclic) bond motifs is 2. The van der Waals surface area contributed by atoms with E-state index in [9.17, 15) is 10.0 Å². The molecule has 29 heavy (non-hydrogen) atoms. The quantitative estimate of drug-likeness (QED) is 0.371. The number of likely N-dealkylation sites (N-methyl/N-ethyl adjacent to an activating group) is 1. The van der Waals surface area contributed by atoms with Gasteiger partial charge in [-0.25, -0.2) is 4.98 Å². The third kappa shape index (κ3) is 4.79. The van der Waals surface area contributed by atoms with Gasteiger partial charge in [0.1, 0.15) is 17.4 Å². The van der Waals surface area contributed by atoms with Crippen LogP contribution < -0.4 is 34.3 Å². The molecule has 7 heteroatoms. The molecule has 0 bridgehead atoms. The topological polar surface area (TPSA) is 65.5 Å². The molecule has 5 nitrogen and oxygen atoms in total. The molecule has 0 spiro atoms. The molecule has 0 aliphatic carbocycles. The molecule has 0 aliphatic rings. The Bertz CT molecular complexity index is 1130. The Morgan fingerprint density at radius 1 is 1.14 bits per heavy atom. The molecule has 0 saturated carbocycles. The second-order valence-electron chi connectivity index (χ2n) is 6.69. The molecular weight excluding hydrogens is 395 g/mol. The van der Waals surface area contributed by atoms with Gasteiger partial charge in [0, 0.05) is 0 Å². The Morgan fingerprint density at radius 2 is 1.86 bits per heavy atom. The van der Waals surface area contributed by atoms with Crippen molar-refractivity contribution in [1.29, 1.82) is 0 Å². The van der Waals surface area contributed by atoms with Gasteiger partial charge in [0.15, 0.2) is 0 Å². The second-order valence-corrected chi connectivity index (χ2v) is 7.80. The molecule has 0 saturated heterocycles. The number of para-hydroxylation sites is 1. The number of amides is 1. The number of rotatable bonds is 5. The first-order chi connectivity index (χ1) is 13.5. The molecule has 0 fully saturated rings. The number of hydrogen-bond acceptors (Lipinski definition) is 5. The number of aromatic nitrogens is 1. The Hall–Kier alpha value is -1.96. The van der Waals surface area contributed by atoms with Gasteiger partial charge < -0.3 is 15.0 Å². The maximum absolute atomic E-state index is 11.9. The summed E-state index contributed by atoms with van der Waals surface area (Å²) in [5, 5.41) is 14.6. The molecule has 1 heterocycles. The summed E-state index contributed by atoms with van der Waals surface area (Å²) in [6, 6.07) is 19.7. The summed E-state index contributed by atoms with van der Waals surface area (Å²) in [4.78, 5) is 16.5. The Morgan fingerprint density at radius 3 is 2.62 bits per heavy atom. The number of nitrogens with zero attached hydrogens (tertiary/aromatic N) is 2. The van der Waals surface area contributed by atoms with E-state index in [2.05, 4.69) is 11.1 Å². The molecule has 1 aromatic heterocycles. The van der Waals surface area contributed by atoms with Crippen LogP contribution in [-0.2, 0) is 11.4 Å². The first kappa shape index (κ1) is 21.7. The molecule has 3 aromatic carbocycles. The van der Waals surface area contributed by atoms with Crippen molar-refractivity contribution >= 4 is 38.2 Å². The normalized spacial score (nSPS) is 11.8. The summed E-state index contributed by atoms with van der Waals surface area (Å²) in [6.45, 7) is 2.16. The molecular formula is C22H19N2NaO3S. The van der Waals surface area contributed by atoms with Gasteiger partial charge in [0.25, 0.3) is 0 Å². The van der Waals surface area contributed by atoms with Gasteiger partial charge >= 0.3 is 29.6 Å². The van der Waals surface area contributed by atoms with E-state index in [0.717, 1.165) is 37.3 Å². The molecule has 0 N–H and O–H groups in total. The molecule has 1 unspecified atom stereocenters. The van der Waals surface area contributed by atoms with Crippen LogP contribution in [0.4, 0.5) is 0 Å². The van der Waals surface area contributed by atoms with E-state index < -0.39 is 11.8 Å². The van der Waals surface area contributed by atoms with Gasteiger partial charge in [-0.1, -0.05) is 36.4 Å². The van der Waals surface area contributed by atoms with E-state index in [4.69, 9.17) is 4.74 Å². The molecule has 4 aromatic rings. The van der Waals surface area contributed by atoms with Crippen LogP contribution in [0, 0.1) is 5.21 Å². The maximum Gasteiger partial charge on any atom is 1.00 e. The first-order valence-electron chi connectivity index (χ1n) is 8.97. The summed E-state index contributed by atoms with van der Waals surface area (Å²) < 4.78 is 7.08. The van der Waals surface area contributed by atoms with Crippen LogP contribution in [0.25, 0.3) is 21.0 Å². The van der Waals surface area contributed by atoms with E-state index in [1.54, 1.807) is 18.3 Å². The third-order valence-corrected chi connectivity index (χ3v) is 5.73. The number of benzene rings is 3. The SMILES string of the molecule is CC(C(=O)N(C)[O-])c1ccc2cc(OCc3nc4ccccc4s3)ccc2c1.[Na+]. The summed E-state index contributed by atoms with van der Waals surface area (Å²) in [5.41, 5.74) is 1.81. The first-order valence-corrected chi connectivity index (χ1v) is 9.78. The molecule has 4 rings (SSSR count). The molecule has 0 aliphatic heterocycles. The van der Waals surface area contributed by atoms with E-state index >= 15 is 0 Å². The number of hydroxylamine groups is 2. The Balaban J connectivity index is 0.00000240. The van der Waals surface area contributed by atoms with Crippen molar-refractivity contribution < 1.29 is 39.1 Å². The number of carbonyl (C=O) groups is 1. The summed E-state index contributed by atoms with van der Waals surface area (Å²) in [7, 11) is 1.23. The van der Waals surface area contributed by atoms with Crippen molar-refractivity contribution in [3.8, 4) is 5.75 Å². The molecule has 142 valence electrons. The molecule has 1 atom stereocenters. The summed E-state index contributed by atoms with van der Waals surface area (Å²) in [6.07, 6.45) is 0. The van der Waals surface area contributed by atoms with Gasteiger partial charge in [0.2, 0.25) is 5.91 Å². The molecule has 0 radical (unpaired) electrons. The predicted molar refractivity (Wildman–Crippen MR) is 112 cm³/mol. The van der Waals surface area contributed by atoms with Crippen molar-refractivity contribution in [3.05, 3.63) is 76.4 Å². The van der Waals surface area contributed by atoms with Crippen LogP contribution in [-0.4, -0.2) is 23.0 Å². The van der Waals surface area contributed by atoms with Crippen LogP contribution in [0.2, 0.25) is 0 Å². The standard InChI is InChI=1S/C22H19N2O3S.Na/c1-14(22(25)24(2)26)15-7-8-17-12-18(10-9-16(17)11-15)27-13-21-23-19-5-3-4-6-20(19)28-21;/h3-12,14H,13H2,1-2H3;/q-1;+1. The van der Waals surface area contributed by atoms with Crippen molar-refractivity contribution in [2.45, 2.75) is 19.4 Å². The summed E-state index contributed by atoms with van der Waals surface area (Å²) >= 11 is 1.63. The predicted octanol–water partition coefficient (Wildman–Crippen LogP) is 2.09. The summed E-state index contributed by atoms with van der Waals surface area (Å²) in [5.74, 6) is -0.153. The monoisotopic (exact) mass is 414 g/mol. The van der Waals surface area contributed by atoms with E-state index in [1.807, 2.05) is 54.6 Å². The van der Waals surface area contributed by atoms with Gasteiger partial charge in [-0.2, -0.15) is 0 Å². The van der Waals surface area contributed by atoms with E-state index in [-0.39, 0.29) is 29.6 Å². The number of hydrogen-bond donors (Lipinski definition) is 0. The number of thiazole rings is 1. The zero-order valence-electron chi connectivity index (χ0n) is 16.6. The van der Waals surface area contributed by atoms with Crippen molar-refractivity contribution in [3.63, 3.8) is 0 Å². The van der Waals surface area contributed by atoms with Crippen LogP contribution in [0.3, 0.4) is 0 Å². The Kier molecular flexibility index (Phi) is 6.93. The average molecular weight is 414 g/mol. The zero-order valence-corrected chi connectivity index (χ0v) is 19.4. The van der Waals surface area contributed by atoms with Crippen LogP contribution in [0.15, 0.2) is 60.7 Å². The fourth-order valence-electron chi connectivity index (χ4n) is 3.14. The maximum atomic E-state index is 11.9. The fraction of sp³-hybridized carbons (Fsp3) is 0.182. The number of ether oxygens (including phenoxy) is 1. The van der Waals surface area contributed by atoms with Gasteiger partial charge in [-0.3, -0.25) is 4.79 Å². The number of carbonyl (C=O) groups excluding carboxylic acids is 1. The van der Waals surface area contributed by atoms with Gasteiger partial charge in [-0.05, 0) is 54.6 Å². The third-order valence-electron chi connectivity index (χ3n) is 4.72. The average Bonchev–Trinajstić information content (AvgIpc) is 3.13. The van der Waals surface area contributed by atoms with Crippen LogP contribution in [0.1, 0.15) is 23.4 Å². The van der Waals surface area contributed by atoms with E-state index in [0.29, 0.717) is 11.7 Å². The minimum absolute atomic E-state index is 0. The van der Waals surface area contributed by atoms with Gasteiger partial charge in [0.05, 0.1) is 16.1 Å². The zero-order chi connectivity index (χ0) is 19.7. The van der Waals surface area contributed by atoms with Crippen molar-refractivity contribution in [2.75, 3.05) is 7.05 Å². The fourth-order valence-corrected chi connectivity index (χ4v) is 4.02. The largest absolute Gasteiger partial charge is 1.00 e. The van der Waals surface area contributed by atoms with Crippen molar-refractivity contribution in [2.24, 2.45) is 0 Å². The van der Waals surface area contributed by atoms with Crippen LogP contribution >= 0.6 is 11.3 Å².